The summed E-state index contributed by atoms with van der Waals surface area (Å²) in [7, 11) is 1.85. The summed E-state index contributed by atoms with van der Waals surface area (Å²) in [5.74, 6) is 0.513. The van der Waals surface area contributed by atoms with Gasteiger partial charge in [-0.1, -0.05) is 6.58 Å². The van der Waals surface area contributed by atoms with Crippen LogP contribution in [0.1, 0.15) is 31.6 Å². The van der Waals surface area contributed by atoms with Crippen molar-refractivity contribution in [2.24, 2.45) is 12.8 Å². The van der Waals surface area contributed by atoms with Gasteiger partial charge in [0.1, 0.15) is 18.1 Å². The lowest BCUT2D eigenvalue weighted by Gasteiger charge is -2.15. The molecule has 0 saturated carbocycles. The summed E-state index contributed by atoms with van der Waals surface area (Å²) in [6.45, 7) is 5.36. The minimum Gasteiger partial charge on any atom is -0.399 e. The van der Waals surface area contributed by atoms with Gasteiger partial charge in [0.2, 0.25) is 0 Å². The molecule has 1 saturated heterocycles. The zero-order valence-corrected chi connectivity index (χ0v) is 13.3. The Morgan fingerprint density at radius 3 is 2.74 bits per heavy atom. The SMILES string of the molecule is C=C(N)c1c(-c2ccn(C)n2)cn(C2CCC(C(C)=O)O2)c1N. The molecule has 4 N–H and O–H groups in total. The van der Waals surface area contributed by atoms with Gasteiger partial charge in [0.25, 0.3) is 0 Å². The number of nitrogen functional groups attached to an aromatic ring is 1. The van der Waals surface area contributed by atoms with Crippen LogP contribution in [-0.2, 0) is 16.6 Å². The van der Waals surface area contributed by atoms with Crippen LogP contribution in [-0.4, -0.2) is 26.2 Å². The monoisotopic (exact) mass is 315 g/mol. The topological polar surface area (TPSA) is 101 Å². The first-order valence-electron chi connectivity index (χ1n) is 7.49. The van der Waals surface area contributed by atoms with Gasteiger partial charge in [-0.3, -0.25) is 9.48 Å². The van der Waals surface area contributed by atoms with Crippen molar-refractivity contribution >= 4 is 17.3 Å². The zero-order chi connectivity index (χ0) is 16.7. The number of ketones is 1. The predicted octanol–water partition coefficient (Wildman–Crippen LogP) is 1.67. The van der Waals surface area contributed by atoms with Crippen molar-refractivity contribution < 1.29 is 9.53 Å². The fourth-order valence-corrected chi connectivity index (χ4v) is 2.99. The average molecular weight is 315 g/mol. The van der Waals surface area contributed by atoms with Crippen LogP contribution in [0.15, 0.2) is 25.0 Å². The molecular weight excluding hydrogens is 294 g/mol. The number of hydrogen-bond acceptors (Lipinski definition) is 5. The van der Waals surface area contributed by atoms with Gasteiger partial charge < -0.3 is 20.8 Å². The van der Waals surface area contributed by atoms with Crippen molar-refractivity contribution in [2.75, 3.05) is 5.73 Å². The summed E-state index contributed by atoms with van der Waals surface area (Å²) < 4.78 is 9.35. The highest BCUT2D eigenvalue weighted by molar-refractivity contribution is 5.84. The van der Waals surface area contributed by atoms with Crippen molar-refractivity contribution in [3.63, 3.8) is 0 Å². The lowest BCUT2D eigenvalue weighted by Crippen LogP contribution is -2.18. The van der Waals surface area contributed by atoms with Crippen LogP contribution >= 0.6 is 0 Å². The summed E-state index contributed by atoms with van der Waals surface area (Å²) >= 11 is 0. The number of carbonyl (C=O) groups is 1. The van der Waals surface area contributed by atoms with Crippen LogP contribution in [0.5, 0.6) is 0 Å². The van der Waals surface area contributed by atoms with E-state index in [-0.39, 0.29) is 18.1 Å². The predicted molar refractivity (Wildman–Crippen MR) is 88.1 cm³/mol. The van der Waals surface area contributed by atoms with Crippen LogP contribution in [0.3, 0.4) is 0 Å². The number of rotatable bonds is 4. The average Bonchev–Trinajstić information content (AvgIpc) is 3.16. The Hall–Kier alpha value is -2.54. The summed E-state index contributed by atoms with van der Waals surface area (Å²) in [6.07, 6.45) is 4.49. The fraction of sp³-hybridized carbons (Fsp3) is 0.375. The number of anilines is 1. The van der Waals surface area contributed by atoms with Gasteiger partial charge in [-0.15, -0.1) is 0 Å². The number of Topliss-reactive ketones (excluding diaryl/α,β-unsaturated/α-hetero) is 1. The molecule has 1 fully saturated rings. The molecule has 1 aliphatic rings. The third-order valence-electron chi connectivity index (χ3n) is 4.14. The second-order valence-corrected chi connectivity index (χ2v) is 5.88. The molecule has 0 radical (unpaired) electrons. The highest BCUT2D eigenvalue weighted by atomic mass is 16.5. The summed E-state index contributed by atoms with van der Waals surface area (Å²) in [4.78, 5) is 11.5. The molecule has 0 bridgehead atoms. The number of aromatic nitrogens is 3. The van der Waals surface area contributed by atoms with Gasteiger partial charge in [-0.2, -0.15) is 5.10 Å². The fourth-order valence-electron chi connectivity index (χ4n) is 2.99. The van der Waals surface area contributed by atoms with E-state index < -0.39 is 0 Å². The van der Waals surface area contributed by atoms with Gasteiger partial charge in [0.05, 0.1) is 5.69 Å². The molecule has 0 aliphatic carbocycles. The summed E-state index contributed by atoms with van der Waals surface area (Å²) in [6, 6.07) is 1.89. The van der Waals surface area contributed by atoms with Crippen LogP contribution in [0, 0.1) is 0 Å². The number of nitrogens with two attached hydrogens (primary N) is 2. The standard InChI is InChI=1S/C16H21N5O2/c1-9(17)15-11(12-6-7-20(3)19-12)8-21(16(15)18)14-5-4-13(23-14)10(2)22/h6-8,13-14H,1,4-5,17-18H2,2-3H3. The molecule has 7 heteroatoms. The van der Waals surface area contributed by atoms with E-state index in [4.69, 9.17) is 16.2 Å². The van der Waals surface area contributed by atoms with E-state index in [0.29, 0.717) is 23.5 Å². The van der Waals surface area contributed by atoms with E-state index in [0.717, 1.165) is 17.7 Å². The van der Waals surface area contributed by atoms with Crippen LogP contribution in [0.25, 0.3) is 17.0 Å². The van der Waals surface area contributed by atoms with Crippen molar-refractivity contribution in [2.45, 2.75) is 32.1 Å². The second kappa shape index (κ2) is 5.58. The molecule has 0 aromatic carbocycles. The molecule has 23 heavy (non-hydrogen) atoms. The largest absolute Gasteiger partial charge is 0.399 e. The Morgan fingerprint density at radius 2 is 2.22 bits per heavy atom. The Balaban J connectivity index is 2.03. The van der Waals surface area contributed by atoms with Crippen LogP contribution < -0.4 is 11.5 Å². The molecule has 2 unspecified atom stereocenters. The maximum atomic E-state index is 11.5. The number of hydrogen-bond donors (Lipinski definition) is 2. The van der Waals surface area contributed by atoms with Crippen molar-refractivity contribution in [1.29, 1.82) is 0 Å². The van der Waals surface area contributed by atoms with Gasteiger partial charge >= 0.3 is 0 Å². The first-order chi connectivity index (χ1) is 10.9. The zero-order valence-electron chi connectivity index (χ0n) is 13.3. The van der Waals surface area contributed by atoms with Crippen molar-refractivity contribution in [3.05, 3.63) is 30.6 Å². The Labute approximate surface area is 134 Å². The van der Waals surface area contributed by atoms with E-state index in [9.17, 15) is 4.79 Å². The summed E-state index contributed by atoms with van der Waals surface area (Å²) in [5, 5.41) is 4.40. The molecule has 1 aliphatic heterocycles. The number of carbonyl (C=O) groups excluding carboxylic acids is 1. The van der Waals surface area contributed by atoms with E-state index in [1.807, 2.05) is 30.1 Å². The highest BCUT2D eigenvalue weighted by Crippen LogP contribution is 2.38. The molecule has 2 aromatic heterocycles. The molecule has 2 aromatic rings. The molecule has 0 spiro atoms. The Kier molecular flexibility index (Phi) is 3.73. The molecule has 122 valence electrons. The van der Waals surface area contributed by atoms with E-state index in [2.05, 4.69) is 11.7 Å². The Morgan fingerprint density at radius 1 is 1.48 bits per heavy atom. The molecule has 7 nitrogen and oxygen atoms in total. The normalized spacial score (nSPS) is 20.8. The quantitative estimate of drug-likeness (QED) is 0.893. The van der Waals surface area contributed by atoms with Gasteiger partial charge in [-0.05, 0) is 25.8 Å². The molecule has 3 heterocycles. The minimum atomic E-state index is -0.371. The van der Waals surface area contributed by atoms with E-state index in [1.165, 1.54) is 0 Å². The van der Waals surface area contributed by atoms with Gasteiger partial charge in [-0.25, -0.2) is 0 Å². The molecule has 2 atom stereocenters. The van der Waals surface area contributed by atoms with E-state index >= 15 is 0 Å². The maximum absolute atomic E-state index is 11.5. The van der Waals surface area contributed by atoms with Crippen molar-refractivity contribution in [3.8, 4) is 11.3 Å². The van der Waals surface area contributed by atoms with Crippen LogP contribution in [0.4, 0.5) is 5.82 Å². The first kappa shape index (κ1) is 15.4. The first-order valence-corrected chi connectivity index (χ1v) is 7.49. The highest BCUT2D eigenvalue weighted by Gasteiger charge is 2.32. The van der Waals surface area contributed by atoms with E-state index in [1.54, 1.807) is 11.6 Å². The Bertz CT molecular complexity index is 774. The lowest BCUT2D eigenvalue weighted by molar-refractivity contribution is -0.129. The number of aryl methyl sites for hydroxylation is 1. The second-order valence-electron chi connectivity index (χ2n) is 5.88. The van der Waals surface area contributed by atoms with Crippen LogP contribution in [0.2, 0.25) is 0 Å². The number of ether oxygens (including phenoxy) is 1. The minimum absolute atomic E-state index is 0.0339. The summed E-state index contributed by atoms with van der Waals surface area (Å²) in [5.41, 5.74) is 14.8. The van der Waals surface area contributed by atoms with Gasteiger partial charge in [0.15, 0.2) is 5.78 Å². The molecule has 3 rings (SSSR count). The maximum Gasteiger partial charge on any atom is 0.158 e. The smallest absolute Gasteiger partial charge is 0.158 e. The third kappa shape index (κ3) is 2.63. The molecular formula is C16H21N5O2. The third-order valence-corrected chi connectivity index (χ3v) is 4.14. The lowest BCUT2D eigenvalue weighted by atomic mass is 10.1. The molecule has 0 amide bonds. The van der Waals surface area contributed by atoms with Crippen molar-refractivity contribution in [1.82, 2.24) is 14.3 Å². The number of nitrogens with zero attached hydrogens (tertiary/aromatic N) is 3. The van der Waals surface area contributed by atoms with Gasteiger partial charge in [0, 0.05) is 36.3 Å².